The predicted molar refractivity (Wildman–Crippen MR) is 56.9 cm³/mol. The van der Waals surface area contributed by atoms with E-state index < -0.39 is 50.2 Å². The number of alkyl halides is 6. The number of aromatic nitrogens is 1. The summed E-state index contributed by atoms with van der Waals surface area (Å²) in [4.78, 5) is 3.01. The Morgan fingerprint density at radius 2 is 1.76 bits per heavy atom. The summed E-state index contributed by atoms with van der Waals surface area (Å²) < 4.78 is 100. The van der Waals surface area contributed by atoms with E-state index in [2.05, 4.69) is 9.72 Å². The van der Waals surface area contributed by atoms with E-state index >= 15 is 0 Å². The quantitative estimate of drug-likeness (QED) is 0.662. The van der Waals surface area contributed by atoms with Crippen molar-refractivity contribution in [2.24, 2.45) is 5.73 Å². The Bertz CT molecular complexity index is 643. The predicted octanol–water partition coefficient (Wildman–Crippen LogP) is 2.39. The minimum atomic E-state index is -5.49. The molecule has 0 saturated heterocycles. The van der Waals surface area contributed by atoms with Crippen molar-refractivity contribution in [3.05, 3.63) is 17.3 Å². The molecule has 0 amide bonds. The van der Waals surface area contributed by atoms with E-state index in [4.69, 9.17) is 16.4 Å². The van der Waals surface area contributed by atoms with Crippen molar-refractivity contribution < 1.29 is 39.5 Å². The third kappa shape index (κ3) is 4.61. The Morgan fingerprint density at radius 3 is 2.10 bits per heavy atom. The standard InChI is InChI=1S/C8H5ClF6N2O3S/c9-21(18,19)5-1-4(20-8(13,14)15)6(7(10,11)12)3(2-16)17-5/h1H,2,16H2. The first-order valence-corrected chi connectivity index (χ1v) is 7.08. The zero-order chi connectivity index (χ0) is 16.6. The van der Waals surface area contributed by atoms with Gasteiger partial charge in [-0.25, -0.2) is 13.4 Å². The summed E-state index contributed by atoms with van der Waals surface area (Å²) in [5, 5.41) is -1.24. The maximum atomic E-state index is 12.8. The summed E-state index contributed by atoms with van der Waals surface area (Å²) in [5.74, 6) is -1.80. The molecule has 1 aromatic heterocycles. The van der Waals surface area contributed by atoms with Crippen molar-refractivity contribution in [1.29, 1.82) is 0 Å². The summed E-state index contributed by atoms with van der Waals surface area (Å²) in [6, 6.07) is -0.0716. The Kier molecular flexibility index (Phi) is 4.65. The summed E-state index contributed by atoms with van der Waals surface area (Å²) in [6.07, 6.45) is -10.8. The van der Waals surface area contributed by atoms with E-state index in [1.54, 1.807) is 0 Å². The van der Waals surface area contributed by atoms with Crippen LogP contribution in [0.5, 0.6) is 5.75 Å². The maximum Gasteiger partial charge on any atom is 0.573 e. The fraction of sp³-hybridized carbons (Fsp3) is 0.375. The molecular weight excluding hydrogens is 354 g/mol. The molecule has 21 heavy (non-hydrogen) atoms. The molecule has 0 fully saturated rings. The lowest BCUT2D eigenvalue weighted by Gasteiger charge is -2.18. The second kappa shape index (κ2) is 5.50. The van der Waals surface area contributed by atoms with Gasteiger partial charge in [-0.1, -0.05) is 0 Å². The minimum absolute atomic E-state index is 0.0716. The van der Waals surface area contributed by atoms with E-state index in [1.807, 2.05) is 0 Å². The van der Waals surface area contributed by atoms with Crippen LogP contribution in [0.2, 0.25) is 0 Å². The highest BCUT2D eigenvalue weighted by Crippen LogP contribution is 2.41. The van der Waals surface area contributed by atoms with E-state index in [-0.39, 0.29) is 6.07 Å². The zero-order valence-electron chi connectivity index (χ0n) is 9.59. The Hall–Kier alpha value is -1.27. The highest BCUT2D eigenvalue weighted by Gasteiger charge is 2.42. The highest BCUT2D eigenvalue weighted by atomic mass is 35.7. The van der Waals surface area contributed by atoms with Gasteiger partial charge in [-0.3, -0.25) is 0 Å². The molecule has 0 atom stereocenters. The molecule has 0 spiro atoms. The van der Waals surface area contributed by atoms with E-state index in [0.29, 0.717) is 0 Å². The topological polar surface area (TPSA) is 82.3 Å². The largest absolute Gasteiger partial charge is 0.573 e. The molecule has 13 heteroatoms. The van der Waals surface area contributed by atoms with Crippen molar-refractivity contribution in [3.63, 3.8) is 0 Å². The van der Waals surface area contributed by atoms with Crippen molar-refractivity contribution in [2.45, 2.75) is 24.1 Å². The molecule has 0 radical (unpaired) electrons. The first-order valence-electron chi connectivity index (χ1n) is 4.77. The van der Waals surface area contributed by atoms with Gasteiger partial charge in [0.15, 0.2) is 5.03 Å². The molecule has 0 aliphatic rings. The third-order valence-corrected chi connectivity index (χ3v) is 3.17. The SMILES string of the molecule is NCc1nc(S(=O)(=O)Cl)cc(OC(F)(F)F)c1C(F)(F)F. The van der Waals surface area contributed by atoms with Gasteiger partial charge in [-0.05, 0) is 0 Å². The van der Waals surface area contributed by atoms with Gasteiger partial charge in [-0.2, -0.15) is 13.2 Å². The number of rotatable bonds is 3. The first-order chi connectivity index (χ1) is 9.25. The molecule has 120 valence electrons. The van der Waals surface area contributed by atoms with Gasteiger partial charge in [0.05, 0.1) is 5.69 Å². The fourth-order valence-corrected chi connectivity index (χ4v) is 2.03. The van der Waals surface area contributed by atoms with Gasteiger partial charge in [0.2, 0.25) is 0 Å². The summed E-state index contributed by atoms with van der Waals surface area (Å²) in [7, 11) is 0.163. The van der Waals surface area contributed by atoms with E-state index in [0.717, 1.165) is 0 Å². The second-order valence-corrected chi connectivity index (χ2v) is 5.98. The van der Waals surface area contributed by atoms with Crippen LogP contribution >= 0.6 is 10.7 Å². The normalized spacial score (nSPS) is 13.3. The molecule has 1 heterocycles. The second-order valence-electron chi connectivity index (χ2n) is 3.47. The van der Waals surface area contributed by atoms with Crippen LogP contribution in [-0.4, -0.2) is 19.8 Å². The van der Waals surface area contributed by atoms with Gasteiger partial charge in [-0.15, -0.1) is 13.2 Å². The van der Waals surface area contributed by atoms with Crippen molar-refractivity contribution in [3.8, 4) is 5.75 Å². The van der Waals surface area contributed by atoms with Crippen LogP contribution in [0, 0.1) is 0 Å². The highest BCUT2D eigenvalue weighted by molar-refractivity contribution is 8.13. The van der Waals surface area contributed by atoms with E-state index in [9.17, 15) is 34.8 Å². The number of ether oxygens (including phenoxy) is 1. The molecule has 0 saturated carbocycles. The number of halogens is 7. The van der Waals surface area contributed by atoms with Gasteiger partial charge < -0.3 is 10.5 Å². The smallest absolute Gasteiger partial charge is 0.405 e. The fourth-order valence-electron chi connectivity index (χ4n) is 1.33. The molecule has 1 aromatic rings. The molecule has 1 rings (SSSR count). The van der Waals surface area contributed by atoms with Crippen LogP contribution in [0.4, 0.5) is 26.3 Å². The zero-order valence-corrected chi connectivity index (χ0v) is 11.2. The van der Waals surface area contributed by atoms with Crippen LogP contribution < -0.4 is 10.5 Å². The van der Waals surface area contributed by atoms with Crippen LogP contribution in [0.15, 0.2) is 11.1 Å². The molecule has 0 aromatic carbocycles. The van der Waals surface area contributed by atoms with Crippen LogP contribution in [0.25, 0.3) is 0 Å². The lowest BCUT2D eigenvalue weighted by Crippen LogP contribution is -2.23. The molecular formula is C8H5ClF6N2O3S. The van der Waals surface area contributed by atoms with Crippen LogP contribution in [0.3, 0.4) is 0 Å². The van der Waals surface area contributed by atoms with Gasteiger partial charge in [0.1, 0.15) is 11.3 Å². The third-order valence-electron chi connectivity index (χ3n) is 1.99. The van der Waals surface area contributed by atoms with Gasteiger partial charge in [0, 0.05) is 23.3 Å². The first kappa shape index (κ1) is 17.8. The maximum absolute atomic E-state index is 12.8. The number of hydrogen-bond donors (Lipinski definition) is 1. The van der Waals surface area contributed by atoms with Crippen molar-refractivity contribution in [2.75, 3.05) is 0 Å². The van der Waals surface area contributed by atoms with Gasteiger partial charge in [0.25, 0.3) is 9.05 Å². The summed E-state index contributed by atoms with van der Waals surface area (Å²) >= 11 is 0. The van der Waals surface area contributed by atoms with Crippen LogP contribution in [0.1, 0.15) is 11.3 Å². The Balaban J connectivity index is 3.69. The number of hydrogen-bond acceptors (Lipinski definition) is 5. The average molecular weight is 359 g/mol. The Morgan fingerprint density at radius 1 is 1.24 bits per heavy atom. The van der Waals surface area contributed by atoms with Gasteiger partial charge >= 0.3 is 12.5 Å². The average Bonchev–Trinajstić information content (AvgIpc) is 2.22. The molecule has 5 nitrogen and oxygen atoms in total. The summed E-state index contributed by atoms with van der Waals surface area (Å²) in [6.45, 7) is -0.983. The number of nitrogens with zero attached hydrogens (tertiary/aromatic N) is 1. The van der Waals surface area contributed by atoms with E-state index in [1.165, 1.54) is 0 Å². The number of nitrogens with two attached hydrogens (primary N) is 1. The molecule has 0 bridgehead atoms. The summed E-state index contributed by atoms with van der Waals surface area (Å²) in [5.41, 5.74) is 1.88. The number of pyridine rings is 1. The lowest BCUT2D eigenvalue weighted by atomic mass is 10.1. The van der Waals surface area contributed by atoms with Crippen LogP contribution in [-0.2, 0) is 21.8 Å². The van der Waals surface area contributed by atoms with Crippen molar-refractivity contribution >= 4 is 19.7 Å². The minimum Gasteiger partial charge on any atom is -0.405 e. The molecule has 2 N–H and O–H groups in total. The molecule has 0 unspecified atom stereocenters. The Labute approximate surface area is 118 Å². The molecule has 0 aliphatic carbocycles. The molecule has 0 aliphatic heterocycles. The monoisotopic (exact) mass is 358 g/mol. The van der Waals surface area contributed by atoms with Crippen molar-refractivity contribution in [1.82, 2.24) is 4.98 Å². The lowest BCUT2D eigenvalue weighted by molar-refractivity contribution is -0.276.